The summed E-state index contributed by atoms with van der Waals surface area (Å²) in [7, 11) is -0.845. The quantitative estimate of drug-likeness (QED) is 0.317. The van der Waals surface area contributed by atoms with Gasteiger partial charge in [0.15, 0.2) is 0 Å². The first-order valence-electron chi connectivity index (χ1n) is 6.54. The van der Waals surface area contributed by atoms with Crippen molar-refractivity contribution < 1.29 is 14.3 Å². The van der Waals surface area contributed by atoms with Crippen LogP contribution < -0.4 is 0 Å². The average molecular weight is 256 g/mol. The minimum atomic E-state index is -0.845. The molecule has 0 aliphatic carbocycles. The molecule has 0 bridgehead atoms. The van der Waals surface area contributed by atoms with Crippen LogP contribution in [0.15, 0.2) is 12.7 Å². The van der Waals surface area contributed by atoms with E-state index in [2.05, 4.69) is 19.7 Å². The summed E-state index contributed by atoms with van der Waals surface area (Å²) in [5.74, 6) is -0.328. The predicted octanol–water partition coefficient (Wildman–Crippen LogP) is 2.46. The number of rotatable bonds is 6. The smallest absolute Gasteiger partial charge is 0.330 e. The summed E-state index contributed by atoms with van der Waals surface area (Å²) in [4.78, 5) is 10.9. The van der Waals surface area contributed by atoms with E-state index < -0.39 is 8.80 Å². The van der Waals surface area contributed by atoms with Crippen molar-refractivity contribution in [2.75, 3.05) is 13.2 Å². The molecule has 1 saturated heterocycles. The maximum atomic E-state index is 10.9. The van der Waals surface area contributed by atoms with Gasteiger partial charge in [-0.1, -0.05) is 19.7 Å². The summed E-state index contributed by atoms with van der Waals surface area (Å²) in [5.41, 5.74) is 0. The first-order valence-corrected chi connectivity index (χ1v) is 9.42. The summed E-state index contributed by atoms with van der Waals surface area (Å²) in [5, 5.41) is 0.138. The zero-order chi connectivity index (χ0) is 12.7. The molecule has 3 nitrogen and oxygen atoms in total. The molecule has 17 heavy (non-hydrogen) atoms. The van der Waals surface area contributed by atoms with Crippen LogP contribution in [-0.2, 0) is 14.3 Å². The lowest BCUT2D eigenvalue weighted by molar-refractivity contribution is -0.138. The zero-order valence-electron chi connectivity index (χ0n) is 11.0. The second-order valence-corrected chi connectivity index (χ2v) is 8.36. The van der Waals surface area contributed by atoms with Gasteiger partial charge in [0.25, 0.3) is 0 Å². The lowest BCUT2D eigenvalue weighted by Gasteiger charge is -2.40. The fraction of sp³-hybridized carbons (Fsp3) is 0.769. The fourth-order valence-electron chi connectivity index (χ4n) is 2.42. The summed E-state index contributed by atoms with van der Waals surface area (Å²) in [6, 6.07) is 0. The summed E-state index contributed by atoms with van der Waals surface area (Å²) in [6.07, 6.45) is 6.79. The minimum Gasteiger partial charge on any atom is -0.463 e. The fourth-order valence-corrected chi connectivity index (χ4v) is 4.43. The van der Waals surface area contributed by atoms with Crippen molar-refractivity contribution in [3.63, 3.8) is 0 Å². The van der Waals surface area contributed by atoms with Crippen molar-refractivity contribution >= 4 is 14.8 Å². The lowest BCUT2D eigenvalue weighted by Crippen LogP contribution is -2.47. The lowest BCUT2D eigenvalue weighted by atomic mass is 10.0. The molecule has 98 valence electrons. The van der Waals surface area contributed by atoms with Gasteiger partial charge in [-0.2, -0.15) is 0 Å². The topological polar surface area (TPSA) is 35.5 Å². The molecule has 1 aliphatic rings. The van der Waals surface area contributed by atoms with E-state index in [1.165, 1.54) is 25.3 Å². The van der Waals surface area contributed by atoms with Crippen molar-refractivity contribution in [2.45, 2.75) is 50.4 Å². The monoisotopic (exact) mass is 256 g/mol. The highest BCUT2D eigenvalue weighted by Gasteiger charge is 2.36. The maximum absolute atomic E-state index is 10.9. The average Bonchev–Trinajstić information content (AvgIpc) is 2.35. The van der Waals surface area contributed by atoms with Gasteiger partial charge < -0.3 is 9.47 Å². The van der Waals surface area contributed by atoms with Crippen molar-refractivity contribution in [1.82, 2.24) is 0 Å². The summed E-state index contributed by atoms with van der Waals surface area (Å²) in [6.45, 7) is 9.46. The number of esters is 1. The number of ether oxygens (including phenoxy) is 2. The molecule has 1 aliphatic heterocycles. The molecule has 0 amide bonds. The molecular weight excluding hydrogens is 232 g/mol. The molecule has 0 spiro atoms. The van der Waals surface area contributed by atoms with Gasteiger partial charge >= 0.3 is 5.97 Å². The first kappa shape index (κ1) is 14.4. The van der Waals surface area contributed by atoms with Crippen LogP contribution in [0.25, 0.3) is 0 Å². The molecule has 0 aromatic heterocycles. The molecule has 0 N–H and O–H groups in total. The van der Waals surface area contributed by atoms with E-state index >= 15 is 0 Å². The summed E-state index contributed by atoms with van der Waals surface area (Å²) >= 11 is 0. The van der Waals surface area contributed by atoms with Gasteiger partial charge in [-0.15, -0.1) is 0 Å². The maximum Gasteiger partial charge on any atom is 0.330 e. The first-order chi connectivity index (χ1) is 8.10. The Kier molecular flexibility index (Phi) is 5.92. The molecular formula is C13H24O3Si. The molecule has 0 saturated carbocycles. The van der Waals surface area contributed by atoms with Crippen LogP contribution in [0.3, 0.4) is 0 Å². The van der Waals surface area contributed by atoms with E-state index in [1.54, 1.807) is 0 Å². The molecule has 4 heteroatoms. The molecule has 1 fully saturated rings. The van der Waals surface area contributed by atoms with Crippen molar-refractivity contribution in [1.29, 1.82) is 0 Å². The van der Waals surface area contributed by atoms with Crippen molar-refractivity contribution in [3.05, 3.63) is 12.7 Å². The van der Waals surface area contributed by atoms with Crippen LogP contribution in [0, 0.1) is 0 Å². The Balaban J connectivity index is 2.34. The number of carbonyl (C=O) groups excluding carboxylic acids is 1. The highest BCUT2D eigenvalue weighted by molar-refractivity contribution is 6.59. The SMILES string of the molecule is C=CC(=O)OCCCC1([SiH](C)C)CCCCO1. The third kappa shape index (κ3) is 4.28. The van der Waals surface area contributed by atoms with Gasteiger partial charge in [-0.05, 0) is 32.1 Å². The van der Waals surface area contributed by atoms with Gasteiger partial charge in [-0.3, -0.25) is 0 Å². The second-order valence-electron chi connectivity index (χ2n) is 5.00. The van der Waals surface area contributed by atoms with Crippen LogP contribution >= 0.6 is 0 Å². The molecule has 1 atom stereocenters. The number of hydrogen-bond donors (Lipinski definition) is 0. The van der Waals surface area contributed by atoms with Crippen molar-refractivity contribution in [3.8, 4) is 0 Å². The molecule has 1 unspecified atom stereocenters. The Morgan fingerprint density at radius 1 is 1.53 bits per heavy atom. The molecule has 0 aromatic rings. The van der Waals surface area contributed by atoms with Crippen LogP contribution in [0.2, 0.25) is 13.1 Å². The molecule has 1 rings (SSSR count). The van der Waals surface area contributed by atoms with Crippen LogP contribution in [0.1, 0.15) is 32.1 Å². The highest BCUT2D eigenvalue weighted by atomic mass is 28.3. The molecule has 0 radical (unpaired) electrons. The number of carbonyl (C=O) groups is 1. The molecule has 0 aromatic carbocycles. The van der Waals surface area contributed by atoms with Crippen LogP contribution in [-0.4, -0.2) is 33.2 Å². The van der Waals surface area contributed by atoms with Gasteiger partial charge in [0.1, 0.15) is 0 Å². The Bertz CT molecular complexity index is 257. The van der Waals surface area contributed by atoms with Gasteiger partial charge in [0.05, 0.1) is 20.6 Å². The van der Waals surface area contributed by atoms with E-state index in [9.17, 15) is 4.79 Å². The van der Waals surface area contributed by atoms with Gasteiger partial charge in [-0.25, -0.2) is 4.79 Å². The van der Waals surface area contributed by atoms with Crippen molar-refractivity contribution in [2.24, 2.45) is 0 Å². The standard InChI is InChI=1S/C13H24O3Si/c1-4-12(14)15-10-7-9-13(17(2)3)8-5-6-11-16-13/h4,17H,1,5-11H2,2-3H3. The van der Waals surface area contributed by atoms with E-state index in [0.29, 0.717) is 6.61 Å². The second kappa shape index (κ2) is 6.96. The van der Waals surface area contributed by atoms with E-state index in [4.69, 9.17) is 9.47 Å². The highest BCUT2D eigenvalue weighted by Crippen LogP contribution is 2.32. The Hall–Kier alpha value is -0.613. The zero-order valence-corrected chi connectivity index (χ0v) is 12.2. The largest absolute Gasteiger partial charge is 0.463 e. The Morgan fingerprint density at radius 3 is 2.82 bits per heavy atom. The third-order valence-corrected chi connectivity index (χ3v) is 6.44. The Labute approximate surface area is 106 Å². The summed E-state index contributed by atoms with van der Waals surface area (Å²) < 4.78 is 11.1. The minimum absolute atomic E-state index is 0.138. The third-order valence-electron chi connectivity index (χ3n) is 3.59. The van der Waals surface area contributed by atoms with E-state index in [-0.39, 0.29) is 11.2 Å². The van der Waals surface area contributed by atoms with Gasteiger partial charge in [0, 0.05) is 12.7 Å². The van der Waals surface area contributed by atoms with Gasteiger partial charge in [0.2, 0.25) is 0 Å². The van der Waals surface area contributed by atoms with Crippen LogP contribution in [0.5, 0.6) is 0 Å². The normalized spacial score (nSPS) is 24.6. The molecule has 1 heterocycles. The van der Waals surface area contributed by atoms with Crippen LogP contribution in [0.4, 0.5) is 0 Å². The predicted molar refractivity (Wildman–Crippen MR) is 71.8 cm³/mol. The van der Waals surface area contributed by atoms with E-state index in [1.807, 2.05) is 0 Å². The van der Waals surface area contributed by atoms with E-state index in [0.717, 1.165) is 19.4 Å². The Morgan fingerprint density at radius 2 is 2.29 bits per heavy atom. The number of hydrogen-bond acceptors (Lipinski definition) is 3.